The third-order valence-electron chi connectivity index (χ3n) is 3.90. The summed E-state index contributed by atoms with van der Waals surface area (Å²) in [6, 6.07) is 14.2. The Morgan fingerprint density at radius 2 is 1.55 bits per heavy atom. The lowest BCUT2D eigenvalue weighted by Crippen LogP contribution is -2.13. The molecule has 0 aliphatic rings. The molecule has 0 saturated heterocycles. The highest BCUT2D eigenvalue weighted by molar-refractivity contribution is 7.87. The predicted octanol–water partition coefficient (Wildman–Crippen LogP) is 5.64. The second kappa shape index (κ2) is 8.18. The fraction of sp³-hybridized carbons (Fsp3) is 0.200. The molecule has 2 aromatic carbocycles. The predicted molar refractivity (Wildman–Crippen MR) is 112 cm³/mol. The Morgan fingerprint density at radius 1 is 0.897 bits per heavy atom. The van der Waals surface area contributed by atoms with Crippen LogP contribution in [0.4, 0.5) is 0 Å². The molecule has 0 saturated carbocycles. The lowest BCUT2D eigenvalue weighted by atomic mass is 9.86. The van der Waals surface area contributed by atoms with Gasteiger partial charge in [0.15, 0.2) is 5.15 Å². The topological polar surface area (TPSA) is 78.4 Å². The molecule has 1 aromatic heterocycles. The second-order valence-corrected chi connectivity index (χ2v) is 9.55. The summed E-state index contributed by atoms with van der Waals surface area (Å²) < 4.78 is 36.4. The van der Waals surface area contributed by atoms with Gasteiger partial charge in [-0.1, -0.05) is 62.2 Å². The normalized spacial score (nSPS) is 11.9. The van der Waals surface area contributed by atoms with E-state index in [0.29, 0.717) is 10.8 Å². The highest BCUT2D eigenvalue weighted by atomic mass is 35.5. The summed E-state index contributed by atoms with van der Waals surface area (Å²) in [5.74, 6) is 0.206. The number of halogens is 2. The summed E-state index contributed by atoms with van der Waals surface area (Å²) in [5, 5.41) is 7.98. The van der Waals surface area contributed by atoms with Crippen LogP contribution in [0.25, 0.3) is 0 Å². The van der Waals surface area contributed by atoms with E-state index < -0.39 is 10.1 Å². The molecule has 0 atom stereocenters. The zero-order valence-electron chi connectivity index (χ0n) is 15.9. The Kier molecular flexibility index (Phi) is 6.03. The van der Waals surface area contributed by atoms with Crippen molar-refractivity contribution in [2.45, 2.75) is 31.1 Å². The molecule has 6 nitrogen and oxygen atoms in total. The van der Waals surface area contributed by atoms with Gasteiger partial charge < -0.3 is 8.92 Å². The number of hydrogen-bond donors (Lipinski definition) is 0. The van der Waals surface area contributed by atoms with Gasteiger partial charge >= 0.3 is 10.1 Å². The average molecular weight is 453 g/mol. The number of ether oxygens (including phenoxy) is 1. The number of rotatable bonds is 5. The van der Waals surface area contributed by atoms with Crippen molar-refractivity contribution in [3.05, 3.63) is 70.3 Å². The van der Waals surface area contributed by atoms with Crippen LogP contribution in [-0.2, 0) is 15.5 Å². The molecule has 0 N–H and O–H groups in total. The number of benzene rings is 2. The zero-order valence-corrected chi connectivity index (χ0v) is 18.2. The summed E-state index contributed by atoms with van der Waals surface area (Å²) in [6.07, 6.45) is 0. The molecular weight excluding hydrogens is 435 g/mol. The SMILES string of the molecule is CC(C)(C)c1ccccc1Oc1nnc(Cl)cc1OS(=O)(=O)c1ccc(Cl)cc1. The molecule has 0 unspecified atom stereocenters. The van der Waals surface area contributed by atoms with Crippen LogP contribution >= 0.6 is 23.2 Å². The van der Waals surface area contributed by atoms with E-state index in [9.17, 15) is 8.42 Å². The van der Waals surface area contributed by atoms with Crippen molar-refractivity contribution in [1.82, 2.24) is 10.2 Å². The van der Waals surface area contributed by atoms with Gasteiger partial charge in [-0.05, 0) is 35.7 Å². The molecule has 152 valence electrons. The van der Waals surface area contributed by atoms with Gasteiger partial charge in [-0.25, -0.2) is 0 Å². The first-order chi connectivity index (χ1) is 13.6. The average Bonchev–Trinajstić information content (AvgIpc) is 2.63. The van der Waals surface area contributed by atoms with Crippen molar-refractivity contribution >= 4 is 33.3 Å². The summed E-state index contributed by atoms with van der Waals surface area (Å²) in [5.41, 5.74) is 0.690. The van der Waals surface area contributed by atoms with Crippen molar-refractivity contribution in [3.63, 3.8) is 0 Å². The van der Waals surface area contributed by atoms with Gasteiger partial charge in [-0.3, -0.25) is 0 Å². The molecule has 3 rings (SSSR count). The highest BCUT2D eigenvalue weighted by Gasteiger charge is 2.24. The van der Waals surface area contributed by atoms with E-state index >= 15 is 0 Å². The first kappa shape index (κ1) is 21.4. The molecular formula is C20H18Cl2N2O4S. The Bertz CT molecular complexity index is 1130. The number of hydrogen-bond acceptors (Lipinski definition) is 6. The number of aromatic nitrogens is 2. The fourth-order valence-electron chi connectivity index (χ4n) is 2.52. The summed E-state index contributed by atoms with van der Waals surface area (Å²) in [7, 11) is -4.17. The molecule has 0 bridgehead atoms. The van der Waals surface area contributed by atoms with Gasteiger partial charge in [0.25, 0.3) is 5.88 Å². The van der Waals surface area contributed by atoms with Crippen molar-refractivity contribution in [3.8, 4) is 17.4 Å². The number of nitrogens with zero attached hydrogens (tertiary/aromatic N) is 2. The monoisotopic (exact) mass is 452 g/mol. The van der Waals surface area contributed by atoms with Crippen LogP contribution in [0.5, 0.6) is 17.4 Å². The van der Waals surface area contributed by atoms with Gasteiger partial charge in [-0.15, -0.1) is 10.2 Å². The van der Waals surface area contributed by atoms with E-state index in [-0.39, 0.29) is 27.1 Å². The number of para-hydroxylation sites is 1. The van der Waals surface area contributed by atoms with Crippen LogP contribution in [0.3, 0.4) is 0 Å². The van der Waals surface area contributed by atoms with E-state index in [1.54, 1.807) is 12.1 Å². The molecule has 0 fully saturated rings. The Morgan fingerprint density at radius 3 is 2.21 bits per heavy atom. The minimum absolute atomic E-state index is 0.0391. The summed E-state index contributed by atoms with van der Waals surface area (Å²) >= 11 is 11.7. The van der Waals surface area contributed by atoms with E-state index in [2.05, 4.69) is 10.2 Å². The van der Waals surface area contributed by atoms with E-state index in [1.165, 1.54) is 30.3 Å². The van der Waals surface area contributed by atoms with Crippen LogP contribution in [0.2, 0.25) is 10.2 Å². The highest BCUT2D eigenvalue weighted by Crippen LogP contribution is 2.37. The van der Waals surface area contributed by atoms with Crippen LogP contribution < -0.4 is 8.92 Å². The molecule has 0 aliphatic heterocycles. The largest absolute Gasteiger partial charge is 0.435 e. The molecule has 9 heteroatoms. The third kappa shape index (κ3) is 5.18. The zero-order chi connectivity index (χ0) is 21.2. The van der Waals surface area contributed by atoms with Crippen LogP contribution in [0.15, 0.2) is 59.5 Å². The van der Waals surface area contributed by atoms with E-state index in [0.717, 1.165) is 5.56 Å². The maximum absolute atomic E-state index is 12.6. The lowest BCUT2D eigenvalue weighted by Gasteiger charge is -2.22. The minimum Gasteiger partial charge on any atom is -0.435 e. The molecule has 0 aliphatic carbocycles. The van der Waals surface area contributed by atoms with Crippen molar-refractivity contribution in [2.24, 2.45) is 0 Å². The molecule has 0 radical (unpaired) electrons. The maximum Gasteiger partial charge on any atom is 0.339 e. The van der Waals surface area contributed by atoms with Crippen LogP contribution in [0, 0.1) is 0 Å². The van der Waals surface area contributed by atoms with Crippen LogP contribution in [-0.4, -0.2) is 18.6 Å². The summed E-state index contributed by atoms with van der Waals surface area (Å²) in [6.45, 7) is 6.10. The Hall–Kier alpha value is -2.35. The van der Waals surface area contributed by atoms with E-state index in [4.69, 9.17) is 32.1 Å². The molecule has 1 heterocycles. The first-order valence-electron chi connectivity index (χ1n) is 8.57. The lowest BCUT2D eigenvalue weighted by molar-refractivity contribution is 0.403. The second-order valence-electron chi connectivity index (χ2n) is 7.18. The van der Waals surface area contributed by atoms with E-state index in [1.807, 2.05) is 32.9 Å². The smallest absolute Gasteiger partial charge is 0.339 e. The first-order valence-corrected chi connectivity index (χ1v) is 10.7. The van der Waals surface area contributed by atoms with Crippen molar-refractivity contribution < 1.29 is 17.3 Å². The van der Waals surface area contributed by atoms with Gasteiger partial charge in [-0.2, -0.15) is 8.42 Å². The fourth-order valence-corrected chi connectivity index (χ4v) is 3.70. The Balaban J connectivity index is 1.99. The maximum atomic E-state index is 12.6. The molecule has 0 amide bonds. The summed E-state index contributed by atoms with van der Waals surface area (Å²) in [4.78, 5) is -0.0733. The van der Waals surface area contributed by atoms with Gasteiger partial charge in [0.05, 0.1) is 0 Å². The molecule has 29 heavy (non-hydrogen) atoms. The quantitative estimate of drug-likeness (QED) is 0.465. The molecule has 3 aromatic rings. The Labute approximate surface area is 179 Å². The standard InChI is InChI=1S/C20H18Cl2N2O4S/c1-20(2,3)15-6-4-5-7-16(15)27-19-17(12-18(22)23-24-19)28-29(25,26)14-10-8-13(21)9-11-14/h4-12H,1-3H3. The minimum atomic E-state index is -4.17. The van der Waals surface area contributed by atoms with Gasteiger partial charge in [0, 0.05) is 16.7 Å². The third-order valence-corrected chi connectivity index (χ3v) is 5.59. The van der Waals surface area contributed by atoms with Crippen molar-refractivity contribution in [1.29, 1.82) is 0 Å². The molecule has 0 spiro atoms. The van der Waals surface area contributed by atoms with Gasteiger partial charge in [0.2, 0.25) is 5.75 Å². The van der Waals surface area contributed by atoms with Gasteiger partial charge in [0.1, 0.15) is 10.6 Å². The van der Waals surface area contributed by atoms with Crippen LogP contribution in [0.1, 0.15) is 26.3 Å². The van der Waals surface area contributed by atoms with Crippen molar-refractivity contribution in [2.75, 3.05) is 0 Å².